The molecule has 3 nitrogen and oxygen atoms in total. The summed E-state index contributed by atoms with van der Waals surface area (Å²) in [6, 6.07) is 8.36. The third kappa shape index (κ3) is 5.88. The zero-order chi connectivity index (χ0) is 15.7. The van der Waals surface area contributed by atoms with Crippen molar-refractivity contribution in [1.29, 1.82) is 0 Å². The zero-order valence-electron chi connectivity index (χ0n) is 13.9. The standard InChI is InChI=1S/C18H29NO2/c1-5-17(6-2)18(20)21-14-16-11-9-15(10-12-16)13-19(7-3)8-4/h9-12,17H,5-8,13-14H2,1-4H3. The predicted molar refractivity (Wildman–Crippen MR) is 86.9 cm³/mol. The van der Waals surface area contributed by atoms with Gasteiger partial charge in [0.25, 0.3) is 0 Å². The second-order valence-electron chi connectivity index (χ2n) is 5.40. The van der Waals surface area contributed by atoms with E-state index >= 15 is 0 Å². The summed E-state index contributed by atoms with van der Waals surface area (Å²) in [7, 11) is 0. The first kappa shape index (κ1) is 17.7. The van der Waals surface area contributed by atoms with Crippen molar-refractivity contribution in [3.63, 3.8) is 0 Å². The maximum absolute atomic E-state index is 11.8. The van der Waals surface area contributed by atoms with Gasteiger partial charge in [0.15, 0.2) is 0 Å². The fourth-order valence-corrected chi connectivity index (χ4v) is 2.34. The van der Waals surface area contributed by atoms with Gasteiger partial charge in [0, 0.05) is 6.54 Å². The molecule has 0 heterocycles. The van der Waals surface area contributed by atoms with E-state index in [0.29, 0.717) is 6.61 Å². The van der Waals surface area contributed by atoms with Gasteiger partial charge in [-0.05, 0) is 37.1 Å². The van der Waals surface area contributed by atoms with E-state index in [9.17, 15) is 4.79 Å². The molecular weight excluding hydrogens is 262 g/mol. The molecule has 0 radical (unpaired) electrons. The third-order valence-electron chi connectivity index (χ3n) is 4.02. The van der Waals surface area contributed by atoms with Crippen LogP contribution in [-0.4, -0.2) is 24.0 Å². The zero-order valence-corrected chi connectivity index (χ0v) is 13.9. The number of hydrogen-bond acceptors (Lipinski definition) is 3. The van der Waals surface area contributed by atoms with Crippen molar-refractivity contribution in [3.8, 4) is 0 Å². The molecule has 21 heavy (non-hydrogen) atoms. The van der Waals surface area contributed by atoms with Crippen molar-refractivity contribution in [1.82, 2.24) is 4.90 Å². The SMILES string of the molecule is CCC(CC)C(=O)OCc1ccc(CN(CC)CC)cc1. The number of esters is 1. The van der Waals surface area contributed by atoms with Gasteiger partial charge >= 0.3 is 5.97 Å². The van der Waals surface area contributed by atoms with E-state index < -0.39 is 0 Å². The summed E-state index contributed by atoms with van der Waals surface area (Å²) in [5.74, 6) is -0.0424. The van der Waals surface area contributed by atoms with Crippen LogP contribution in [0.3, 0.4) is 0 Å². The number of ether oxygens (including phenoxy) is 1. The Balaban J connectivity index is 2.49. The molecular formula is C18H29NO2. The van der Waals surface area contributed by atoms with Crippen LogP contribution in [0.2, 0.25) is 0 Å². The first-order valence-corrected chi connectivity index (χ1v) is 8.11. The number of rotatable bonds is 9. The van der Waals surface area contributed by atoms with Crippen LogP contribution in [0, 0.1) is 5.92 Å². The molecule has 0 amide bonds. The quantitative estimate of drug-likeness (QED) is 0.644. The van der Waals surface area contributed by atoms with Crippen LogP contribution in [0.1, 0.15) is 51.7 Å². The Morgan fingerprint density at radius 3 is 2.00 bits per heavy atom. The second-order valence-corrected chi connectivity index (χ2v) is 5.40. The second kappa shape index (κ2) is 9.56. The normalized spacial score (nSPS) is 11.1. The molecule has 0 aliphatic rings. The van der Waals surface area contributed by atoms with Gasteiger partial charge in [0.1, 0.15) is 6.61 Å². The summed E-state index contributed by atoms with van der Waals surface area (Å²) in [5, 5.41) is 0. The molecule has 0 aromatic heterocycles. The molecule has 0 saturated carbocycles. The van der Waals surface area contributed by atoms with E-state index in [1.165, 1.54) is 5.56 Å². The molecule has 0 aliphatic carbocycles. The molecule has 0 unspecified atom stereocenters. The van der Waals surface area contributed by atoms with Gasteiger partial charge in [-0.1, -0.05) is 52.0 Å². The maximum Gasteiger partial charge on any atom is 0.309 e. The molecule has 1 rings (SSSR count). The predicted octanol–water partition coefficient (Wildman–Crippen LogP) is 4.01. The molecule has 0 bridgehead atoms. The molecule has 0 N–H and O–H groups in total. The lowest BCUT2D eigenvalue weighted by Gasteiger charge is -2.18. The minimum Gasteiger partial charge on any atom is -0.461 e. The number of benzene rings is 1. The van der Waals surface area contributed by atoms with Gasteiger partial charge in [0.05, 0.1) is 5.92 Å². The van der Waals surface area contributed by atoms with Gasteiger partial charge in [-0.2, -0.15) is 0 Å². The Morgan fingerprint density at radius 2 is 1.52 bits per heavy atom. The molecule has 0 atom stereocenters. The smallest absolute Gasteiger partial charge is 0.309 e. The topological polar surface area (TPSA) is 29.5 Å². The maximum atomic E-state index is 11.8. The number of hydrogen-bond donors (Lipinski definition) is 0. The Bertz CT molecular complexity index is 406. The van der Waals surface area contributed by atoms with Gasteiger partial charge in [-0.3, -0.25) is 9.69 Å². The van der Waals surface area contributed by atoms with Gasteiger partial charge in [-0.15, -0.1) is 0 Å². The molecule has 1 aromatic rings. The molecule has 118 valence electrons. The van der Waals surface area contributed by atoms with Crippen molar-refractivity contribution in [2.45, 2.75) is 53.7 Å². The van der Waals surface area contributed by atoms with Crippen LogP contribution in [0.4, 0.5) is 0 Å². The number of nitrogens with zero attached hydrogens (tertiary/aromatic N) is 1. The molecule has 0 spiro atoms. The fraction of sp³-hybridized carbons (Fsp3) is 0.611. The Kier molecular flexibility index (Phi) is 8.06. The van der Waals surface area contributed by atoms with E-state index in [-0.39, 0.29) is 11.9 Å². The van der Waals surface area contributed by atoms with Crippen molar-refractivity contribution in [2.24, 2.45) is 5.92 Å². The summed E-state index contributed by atoms with van der Waals surface area (Å²) in [6.45, 7) is 11.9. The minimum absolute atomic E-state index is 0.0342. The van der Waals surface area contributed by atoms with Crippen LogP contribution in [0.5, 0.6) is 0 Å². The molecule has 1 aromatic carbocycles. The number of carbonyl (C=O) groups excluding carboxylic acids is 1. The monoisotopic (exact) mass is 291 g/mol. The van der Waals surface area contributed by atoms with E-state index in [1.807, 2.05) is 13.8 Å². The average Bonchev–Trinajstić information content (AvgIpc) is 2.53. The number of carbonyl (C=O) groups is 1. The van der Waals surface area contributed by atoms with Crippen molar-refractivity contribution in [2.75, 3.05) is 13.1 Å². The molecule has 0 aliphatic heterocycles. The lowest BCUT2D eigenvalue weighted by atomic mass is 10.0. The van der Waals surface area contributed by atoms with Crippen LogP contribution >= 0.6 is 0 Å². The van der Waals surface area contributed by atoms with E-state index in [4.69, 9.17) is 4.74 Å². The molecule has 0 fully saturated rings. The van der Waals surface area contributed by atoms with Crippen LogP contribution in [-0.2, 0) is 22.7 Å². The van der Waals surface area contributed by atoms with Crippen molar-refractivity contribution in [3.05, 3.63) is 35.4 Å². The van der Waals surface area contributed by atoms with E-state index in [2.05, 4.69) is 43.0 Å². The lowest BCUT2D eigenvalue weighted by molar-refractivity contribution is -0.150. The van der Waals surface area contributed by atoms with Gasteiger partial charge in [0.2, 0.25) is 0 Å². The highest BCUT2D eigenvalue weighted by Gasteiger charge is 2.15. The summed E-state index contributed by atoms with van der Waals surface area (Å²) in [4.78, 5) is 14.2. The highest BCUT2D eigenvalue weighted by molar-refractivity contribution is 5.72. The third-order valence-corrected chi connectivity index (χ3v) is 4.02. The van der Waals surface area contributed by atoms with Crippen LogP contribution < -0.4 is 0 Å². The lowest BCUT2D eigenvalue weighted by Crippen LogP contribution is -2.22. The van der Waals surface area contributed by atoms with Crippen molar-refractivity contribution >= 4 is 5.97 Å². The van der Waals surface area contributed by atoms with Crippen LogP contribution in [0.15, 0.2) is 24.3 Å². The van der Waals surface area contributed by atoms with Crippen molar-refractivity contribution < 1.29 is 9.53 Å². The van der Waals surface area contributed by atoms with Crippen LogP contribution in [0.25, 0.3) is 0 Å². The Hall–Kier alpha value is -1.35. The minimum atomic E-state index is -0.0767. The summed E-state index contributed by atoms with van der Waals surface area (Å²) < 4.78 is 5.39. The average molecular weight is 291 g/mol. The fourth-order valence-electron chi connectivity index (χ4n) is 2.34. The molecule has 0 saturated heterocycles. The largest absolute Gasteiger partial charge is 0.461 e. The molecule has 3 heteroatoms. The van der Waals surface area contributed by atoms with Gasteiger partial charge in [-0.25, -0.2) is 0 Å². The van der Waals surface area contributed by atoms with Gasteiger partial charge < -0.3 is 4.74 Å². The highest BCUT2D eigenvalue weighted by atomic mass is 16.5. The summed E-state index contributed by atoms with van der Waals surface area (Å²) in [6.07, 6.45) is 1.69. The first-order valence-electron chi connectivity index (χ1n) is 8.11. The van der Waals surface area contributed by atoms with E-state index in [0.717, 1.165) is 38.0 Å². The summed E-state index contributed by atoms with van der Waals surface area (Å²) >= 11 is 0. The first-order chi connectivity index (χ1) is 10.1. The van der Waals surface area contributed by atoms with E-state index in [1.54, 1.807) is 0 Å². The Morgan fingerprint density at radius 1 is 1.00 bits per heavy atom. The highest BCUT2D eigenvalue weighted by Crippen LogP contribution is 2.13. The summed E-state index contributed by atoms with van der Waals surface area (Å²) in [5.41, 5.74) is 2.35. The Labute approximate surface area is 129 Å².